The molecule has 0 radical (unpaired) electrons. The highest BCUT2D eigenvalue weighted by Gasteiger charge is 2.28. The standard InChI is InChI=1S/C20H13NO4/c22-16-11-15(13-7-3-1-4-8-13)12-17-18(16)19(21(23)24)20(25-17)14-9-5-2-6-10-14/h1-12,22H. The second kappa shape index (κ2) is 5.79. The molecule has 0 unspecified atom stereocenters. The maximum atomic E-state index is 11.6. The largest absolute Gasteiger partial charge is 0.507 e. The van der Waals surface area contributed by atoms with Crippen molar-refractivity contribution in [3.63, 3.8) is 0 Å². The Balaban J connectivity index is 2.01. The van der Waals surface area contributed by atoms with Crippen molar-refractivity contribution in [3.05, 3.63) is 82.9 Å². The molecule has 5 heteroatoms. The molecule has 4 rings (SSSR count). The van der Waals surface area contributed by atoms with Gasteiger partial charge in [0.1, 0.15) is 16.7 Å². The second-order valence-electron chi connectivity index (χ2n) is 5.64. The van der Waals surface area contributed by atoms with Gasteiger partial charge in [-0.15, -0.1) is 0 Å². The lowest BCUT2D eigenvalue weighted by Crippen LogP contribution is -1.89. The Labute approximate surface area is 142 Å². The predicted octanol–water partition coefficient (Wildman–Crippen LogP) is 5.38. The Kier molecular flexibility index (Phi) is 3.47. The molecule has 0 aliphatic rings. The van der Waals surface area contributed by atoms with Crippen LogP contribution in [0.5, 0.6) is 5.75 Å². The van der Waals surface area contributed by atoms with Gasteiger partial charge in [0.15, 0.2) is 0 Å². The zero-order chi connectivity index (χ0) is 17.4. The molecule has 25 heavy (non-hydrogen) atoms. The van der Waals surface area contributed by atoms with Crippen molar-refractivity contribution in [2.24, 2.45) is 0 Å². The number of nitro groups is 1. The van der Waals surface area contributed by atoms with E-state index in [-0.39, 0.29) is 28.2 Å². The van der Waals surface area contributed by atoms with E-state index in [9.17, 15) is 15.2 Å². The summed E-state index contributed by atoms with van der Waals surface area (Å²) in [6, 6.07) is 21.6. The molecule has 0 saturated heterocycles. The molecule has 5 nitrogen and oxygen atoms in total. The number of furan rings is 1. The molecule has 0 spiro atoms. The van der Waals surface area contributed by atoms with Crippen LogP contribution in [0, 0.1) is 10.1 Å². The van der Waals surface area contributed by atoms with Crippen LogP contribution in [-0.2, 0) is 0 Å². The van der Waals surface area contributed by atoms with Gasteiger partial charge >= 0.3 is 5.69 Å². The number of phenolic OH excluding ortho intramolecular Hbond substituents is 1. The number of fused-ring (bicyclic) bond motifs is 1. The van der Waals surface area contributed by atoms with Crippen LogP contribution < -0.4 is 0 Å². The lowest BCUT2D eigenvalue weighted by atomic mass is 10.0. The number of hydrogen-bond acceptors (Lipinski definition) is 4. The molecule has 0 atom stereocenters. The minimum Gasteiger partial charge on any atom is -0.507 e. The average Bonchev–Trinajstić information content (AvgIpc) is 3.03. The molecule has 0 aliphatic heterocycles. The van der Waals surface area contributed by atoms with E-state index in [1.54, 1.807) is 30.3 Å². The van der Waals surface area contributed by atoms with Gasteiger partial charge < -0.3 is 9.52 Å². The number of benzene rings is 3. The van der Waals surface area contributed by atoms with Gasteiger partial charge in [0.25, 0.3) is 0 Å². The van der Waals surface area contributed by atoms with Crippen molar-refractivity contribution < 1.29 is 14.4 Å². The maximum Gasteiger partial charge on any atom is 0.326 e. The lowest BCUT2D eigenvalue weighted by Gasteiger charge is -2.02. The molecular weight excluding hydrogens is 318 g/mol. The van der Waals surface area contributed by atoms with Crippen molar-refractivity contribution in [1.82, 2.24) is 0 Å². The zero-order valence-corrected chi connectivity index (χ0v) is 13.0. The van der Waals surface area contributed by atoms with Crippen LogP contribution in [0.2, 0.25) is 0 Å². The van der Waals surface area contributed by atoms with Crippen molar-refractivity contribution in [1.29, 1.82) is 0 Å². The predicted molar refractivity (Wildman–Crippen MR) is 95.4 cm³/mol. The first-order chi connectivity index (χ1) is 12.1. The van der Waals surface area contributed by atoms with Gasteiger partial charge in [-0.2, -0.15) is 0 Å². The van der Waals surface area contributed by atoms with Gasteiger partial charge in [-0.3, -0.25) is 10.1 Å². The van der Waals surface area contributed by atoms with Crippen LogP contribution in [-0.4, -0.2) is 10.0 Å². The Morgan fingerprint density at radius 2 is 1.44 bits per heavy atom. The summed E-state index contributed by atoms with van der Waals surface area (Å²) in [6.45, 7) is 0. The van der Waals surface area contributed by atoms with Crippen LogP contribution in [0.4, 0.5) is 5.69 Å². The minimum atomic E-state index is -0.518. The molecule has 3 aromatic carbocycles. The number of phenols is 1. The summed E-state index contributed by atoms with van der Waals surface area (Å²) in [5.74, 6) is -0.0323. The van der Waals surface area contributed by atoms with Gasteiger partial charge in [0, 0.05) is 5.56 Å². The van der Waals surface area contributed by atoms with E-state index >= 15 is 0 Å². The molecular formula is C20H13NO4. The fourth-order valence-corrected chi connectivity index (χ4v) is 2.95. The van der Waals surface area contributed by atoms with Crippen LogP contribution >= 0.6 is 0 Å². The molecule has 1 N–H and O–H groups in total. The molecule has 122 valence electrons. The van der Waals surface area contributed by atoms with Gasteiger partial charge in [-0.05, 0) is 23.3 Å². The third-order valence-corrected chi connectivity index (χ3v) is 4.07. The van der Waals surface area contributed by atoms with E-state index in [0.29, 0.717) is 5.56 Å². The summed E-state index contributed by atoms with van der Waals surface area (Å²) in [6.07, 6.45) is 0. The maximum absolute atomic E-state index is 11.6. The molecule has 1 heterocycles. The quantitative estimate of drug-likeness (QED) is 0.404. The molecule has 0 saturated carbocycles. The first-order valence-electron chi connectivity index (χ1n) is 7.70. The minimum absolute atomic E-state index is 0.114. The highest BCUT2D eigenvalue weighted by molar-refractivity contribution is 6.01. The smallest absolute Gasteiger partial charge is 0.326 e. The first-order valence-corrected chi connectivity index (χ1v) is 7.70. The van der Waals surface area contributed by atoms with Gasteiger partial charge in [-0.25, -0.2) is 0 Å². The fourth-order valence-electron chi connectivity index (χ4n) is 2.95. The van der Waals surface area contributed by atoms with Gasteiger partial charge in [0.05, 0.1) is 4.92 Å². The third-order valence-electron chi connectivity index (χ3n) is 4.07. The summed E-state index contributed by atoms with van der Waals surface area (Å²) < 4.78 is 5.79. The molecule has 0 bridgehead atoms. The van der Waals surface area contributed by atoms with Crippen molar-refractivity contribution in [2.45, 2.75) is 0 Å². The van der Waals surface area contributed by atoms with Crippen molar-refractivity contribution in [2.75, 3.05) is 0 Å². The zero-order valence-electron chi connectivity index (χ0n) is 13.0. The number of nitrogens with zero attached hydrogens (tertiary/aromatic N) is 1. The number of rotatable bonds is 3. The summed E-state index contributed by atoms with van der Waals surface area (Å²) in [4.78, 5) is 11.1. The number of aromatic hydroxyl groups is 1. The molecule has 0 aliphatic carbocycles. The average molecular weight is 331 g/mol. The lowest BCUT2D eigenvalue weighted by molar-refractivity contribution is -0.382. The topological polar surface area (TPSA) is 76.5 Å². The van der Waals surface area contributed by atoms with E-state index in [1.807, 2.05) is 36.4 Å². The first kappa shape index (κ1) is 15.0. The van der Waals surface area contributed by atoms with Crippen molar-refractivity contribution >= 4 is 16.7 Å². The van der Waals surface area contributed by atoms with E-state index in [2.05, 4.69) is 0 Å². The fraction of sp³-hybridized carbons (Fsp3) is 0. The monoisotopic (exact) mass is 331 g/mol. The van der Waals surface area contributed by atoms with E-state index in [1.165, 1.54) is 6.07 Å². The van der Waals surface area contributed by atoms with Crippen LogP contribution in [0.3, 0.4) is 0 Å². The van der Waals surface area contributed by atoms with E-state index < -0.39 is 4.92 Å². The molecule has 1 aromatic heterocycles. The van der Waals surface area contributed by atoms with E-state index in [0.717, 1.165) is 11.1 Å². The Morgan fingerprint density at radius 3 is 2.04 bits per heavy atom. The third kappa shape index (κ3) is 2.52. The molecule has 4 aromatic rings. The Hall–Kier alpha value is -3.60. The van der Waals surface area contributed by atoms with Gasteiger partial charge in [-0.1, -0.05) is 60.7 Å². The SMILES string of the molecule is O=[N+]([O-])c1c(-c2ccccc2)oc2cc(-c3ccccc3)cc(O)c12. The summed E-state index contributed by atoms with van der Waals surface area (Å²) in [5.41, 5.74) is 2.27. The summed E-state index contributed by atoms with van der Waals surface area (Å²) >= 11 is 0. The normalized spacial score (nSPS) is 10.9. The Bertz CT molecular complexity index is 1070. The van der Waals surface area contributed by atoms with Gasteiger partial charge in [0.2, 0.25) is 5.76 Å². The van der Waals surface area contributed by atoms with Crippen molar-refractivity contribution in [3.8, 4) is 28.2 Å². The molecule has 0 amide bonds. The summed E-state index contributed by atoms with van der Waals surface area (Å²) in [5, 5.41) is 22.2. The second-order valence-corrected chi connectivity index (χ2v) is 5.64. The molecule has 0 fully saturated rings. The van der Waals surface area contributed by atoms with E-state index in [4.69, 9.17) is 4.42 Å². The Morgan fingerprint density at radius 1 is 0.840 bits per heavy atom. The van der Waals surface area contributed by atoms with Crippen LogP contribution in [0.15, 0.2) is 77.2 Å². The number of hydrogen-bond donors (Lipinski definition) is 1. The van der Waals surface area contributed by atoms with Crippen LogP contribution in [0.25, 0.3) is 33.4 Å². The van der Waals surface area contributed by atoms with Crippen LogP contribution in [0.1, 0.15) is 0 Å². The summed E-state index contributed by atoms with van der Waals surface area (Å²) in [7, 11) is 0. The highest BCUT2D eigenvalue weighted by Crippen LogP contribution is 2.45. The highest BCUT2D eigenvalue weighted by atomic mass is 16.6.